The number of aromatic nitrogens is 3. The lowest BCUT2D eigenvalue weighted by Crippen LogP contribution is -2.46. The Morgan fingerprint density at radius 3 is 2.70 bits per heavy atom. The Morgan fingerprint density at radius 2 is 2.03 bits per heavy atom. The Labute approximate surface area is 180 Å². The van der Waals surface area contributed by atoms with Crippen LogP contribution in [0.15, 0.2) is 59.4 Å². The molecular formula is C21H27N7OS. The van der Waals surface area contributed by atoms with Crippen molar-refractivity contribution < 1.29 is 4.74 Å². The third-order valence-corrected chi connectivity index (χ3v) is 6.10. The second kappa shape index (κ2) is 10.3. The van der Waals surface area contributed by atoms with Crippen molar-refractivity contribution >= 4 is 17.3 Å². The molecule has 1 saturated heterocycles. The Kier molecular flexibility index (Phi) is 7.07. The first kappa shape index (κ1) is 20.5. The molecule has 4 rings (SSSR count). The van der Waals surface area contributed by atoms with Gasteiger partial charge < -0.3 is 15.4 Å². The van der Waals surface area contributed by atoms with Crippen LogP contribution in [0, 0.1) is 0 Å². The lowest BCUT2D eigenvalue weighted by Gasteiger charge is -2.34. The van der Waals surface area contributed by atoms with Crippen LogP contribution in [0.25, 0.3) is 5.69 Å². The lowest BCUT2D eigenvalue weighted by molar-refractivity contribution is 0.0177. The number of aliphatic imine (C=N–C) groups is 1. The van der Waals surface area contributed by atoms with E-state index in [-0.39, 0.29) is 0 Å². The molecule has 0 saturated carbocycles. The van der Waals surface area contributed by atoms with E-state index in [1.807, 2.05) is 12.1 Å². The number of nitrogens with zero attached hydrogens (tertiary/aromatic N) is 5. The Morgan fingerprint density at radius 1 is 1.20 bits per heavy atom. The fourth-order valence-electron chi connectivity index (χ4n) is 3.49. The molecule has 0 radical (unpaired) electrons. The van der Waals surface area contributed by atoms with Crippen molar-refractivity contribution in [2.24, 2.45) is 4.99 Å². The topological polar surface area (TPSA) is 79.6 Å². The zero-order valence-electron chi connectivity index (χ0n) is 17.1. The highest BCUT2D eigenvalue weighted by Crippen LogP contribution is 2.25. The second-order valence-corrected chi connectivity index (χ2v) is 7.97. The first-order chi connectivity index (χ1) is 14.8. The summed E-state index contributed by atoms with van der Waals surface area (Å²) in [5.74, 6) is 0.796. The molecule has 3 aromatic rings. The molecule has 8 nitrogen and oxygen atoms in total. The predicted octanol–water partition coefficient (Wildman–Crippen LogP) is 2.07. The van der Waals surface area contributed by atoms with Crippen molar-refractivity contribution in [2.75, 3.05) is 39.9 Å². The molecule has 1 atom stereocenters. The normalized spacial score (nSPS) is 16.4. The van der Waals surface area contributed by atoms with Crippen LogP contribution in [0.1, 0.15) is 16.5 Å². The summed E-state index contributed by atoms with van der Waals surface area (Å²) in [6.07, 6.45) is 3.23. The van der Waals surface area contributed by atoms with Crippen LogP contribution in [-0.4, -0.2) is 65.5 Å². The monoisotopic (exact) mass is 425 g/mol. The van der Waals surface area contributed by atoms with Gasteiger partial charge in [-0.25, -0.2) is 9.67 Å². The number of nitrogens with one attached hydrogen (secondary N) is 2. The van der Waals surface area contributed by atoms with Gasteiger partial charge in [-0.3, -0.25) is 9.89 Å². The predicted molar refractivity (Wildman–Crippen MR) is 119 cm³/mol. The third kappa shape index (κ3) is 5.24. The largest absolute Gasteiger partial charge is 0.379 e. The third-order valence-electron chi connectivity index (χ3n) is 5.12. The smallest absolute Gasteiger partial charge is 0.191 e. The number of hydrogen-bond donors (Lipinski definition) is 2. The molecule has 30 heavy (non-hydrogen) atoms. The van der Waals surface area contributed by atoms with Crippen molar-refractivity contribution in [3.05, 3.63) is 64.9 Å². The van der Waals surface area contributed by atoms with Crippen LogP contribution in [0.2, 0.25) is 0 Å². The van der Waals surface area contributed by atoms with Gasteiger partial charge in [-0.2, -0.15) is 5.10 Å². The minimum atomic E-state index is 0.314. The molecular weight excluding hydrogens is 398 g/mol. The highest BCUT2D eigenvalue weighted by Gasteiger charge is 2.23. The van der Waals surface area contributed by atoms with Crippen molar-refractivity contribution in [3.8, 4) is 5.69 Å². The molecule has 158 valence electrons. The van der Waals surface area contributed by atoms with E-state index in [1.54, 1.807) is 29.4 Å². The van der Waals surface area contributed by atoms with Gasteiger partial charge >= 0.3 is 0 Å². The highest BCUT2D eigenvalue weighted by molar-refractivity contribution is 7.10. The first-order valence-corrected chi connectivity index (χ1v) is 10.9. The van der Waals surface area contributed by atoms with E-state index in [0.717, 1.165) is 44.5 Å². The van der Waals surface area contributed by atoms with Crippen molar-refractivity contribution in [1.82, 2.24) is 30.3 Å². The number of guanidine groups is 1. The summed E-state index contributed by atoms with van der Waals surface area (Å²) in [5.41, 5.74) is 2.16. The molecule has 0 spiro atoms. The summed E-state index contributed by atoms with van der Waals surface area (Å²) in [7, 11) is 1.80. The van der Waals surface area contributed by atoms with Crippen molar-refractivity contribution in [3.63, 3.8) is 0 Å². The molecule has 0 aliphatic carbocycles. The van der Waals surface area contributed by atoms with Gasteiger partial charge in [0.05, 0.1) is 24.9 Å². The van der Waals surface area contributed by atoms with Crippen molar-refractivity contribution in [1.29, 1.82) is 0 Å². The minimum absolute atomic E-state index is 0.314. The summed E-state index contributed by atoms with van der Waals surface area (Å²) < 4.78 is 7.27. The molecule has 0 amide bonds. The Balaban J connectivity index is 1.32. The van der Waals surface area contributed by atoms with E-state index in [0.29, 0.717) is 12.6 Å². The van der Waals surface area contributed by atoms with Crippen LogP contribution in [0.4, 0.5) is 0 Å². The van der Waals surface area contributed by atoms with E-state index in [2.05, 4.69) is 60.3 Å². The maximum atomic E-state index is 5.53. The van der Waals surface area contributed by atoms with Gasteiger partial charge in [0.25, 0.3) is 0 Å². The number of ether oxygens (including phenoxy) is 1. The number of morpholine rings is 1. The van der Waals surface area contributed by atoms with Gasteiger partial charge in [0.1, 0.15) is 12.7 Å². The van der Waals surface area contributed by atoms with Crippen LogP contribution in [-0.2, 0) is 11.3 Å². The SMILES string of the molecule is CN=C(NCc1ccc(-n2cncn2)cc1)NCC(c1cccs1)N1CCOCC1. The molecule has 2 aromatic heterocycles. The van der Waals surface area contributed by atoms with E-state index >= 15 is 0 Å². The molecule has 1 fully saturated rings. The van der Waals surface area contributed by atoms with Crippen LogP contribution >= 0.6 is 11.3 Å². The molecule has 1 aliphatic heterocycles. The zero-order valence-corrected chi connectivity index (χ0v) is 17.9. The van der Waals surface area contributed by atoms with Gasteiger partial charge in [-0.05, 0) is 29.1 Å². The minimum Gasteiger partial charge on any atom is -0.379 e. The van der Waals surface area contributed by atoms with Crippen molar-refractivity contribution in [2.45, 2.75) is 12.6 Å². The van der Waals surface area contributed by atoms with E-state index in [1.165, 1.54) is 16.8 Å². The van der Waals surface area contributed by atoms with Gasteiger partial charge in [0, 0.05) is 38.1 Å². The molecule has 2 N–H and O–H groups in total. The van der Waals surface area contributed by atoms with Crippen LogP contribution in [0.3, 0.4) is 0 Å². The molecule has 1 unspecified atom stereocenters. The summed E-state index contributed by atoms with van der Waals surface area (Å²) >= 11 is 1.80. The Hall–Kier alpha value is -2.75. The average Bonchev–Trinajstić information content (AvgIpc) is 3.52. The van der Waals surface area contributed by atoms with Crippen LogP contribution < -0.4 is 10.6 Å². The van der Waals surface area contributed by atoms with E-state index in [9.17, 15) is 0 Å². The average molecular weight is 426 g/mol. The quantitative estimate of drug-likeness (QED) is 0.446. The molecule has 9 heteroatoms. The fourth-order valence-corrected chi connectivity index (χ4v) is 4.35. The number of rotatable bonds is 7. The standard InChI is InChI=1S/C21H27N7OS/c1-22-21(24-13-17-4-6-18(7-5-17)28-16-23-15-26-28)25-14-19(20-3-2-12-30-20)27-8-10-29-11-9-27/h2-7,12,15-16,19H,8-11,13-14H2,1H3,(H2,22,24,25). The summed E-state index contributed by atoms with van der Waals surface area (Å²) in [6, 6.07) is 12.9. The summed E-state index contributed by atoms with van der Waals surface area (Å²) in [6.45, 7) is 4.98. The summed E-state index contributed by atoms with van der Waals surface area (Å²) in [5, 5.41) is 13.2. The second-order valence-electron chi connectivity index (χ2n) is 6.99. The summed E-state index contributed by atoms with van der Waals surface area (Å²) in [4.78, 5) is 12.2. The highest BCUT2D eigenvalue weighted by atomic mass is 32.1. The maximum absolute atomic E-state index is 5.53. The molecule has 1 aromatic carbocycles. The van der Waals surface area contributed by atoms with Gasteiger partial charge in [0.15, 0.2) is 5.96 Å². The molecule has 0 bridgehead atoms. The maximum Gasteiger partial charge on any atom is 0.191 e. The van der Waals surface area contributed by atoms with E-state index in [4.69, 9.17) is 4.74 Å². The van der Waals surface area contributed by atoms with Gasteiger partial charge in [0.2, 0.25) is 0 Å². The van der Waals surface area contributed by atoms with E-state index < -0.39 is 0 Å². The lowest BCUT2D eigenvalue weighted by atomic mass is 10.2. The van der Waals surface area contributed by atoms with Crippen LogP contribution in [0.5, 0.6) is 0 Å². The number of benzene rings is 1. The molecule has 3 heterocycles. The number of thiophene rings is 1. The van der Waals surface area contributed by atoms with Gasteiger partial charge in [-0.15, -0.1) is 11.3 Å². The number of hydrogen-bond acceptors (Lipinski definition) is 6. The van der Waals surface area contributed by atoms with Gasteiger partial charge in [-0.1, -0.05) is 18.2 Å². The zero-order chi connectivity index (χ0) is 20.6. The first-order valence-electron chi connectivity index (χ1n) is 10.1. The Bertz CT molecular complexity index is 904. The molecule has 1 aliphatic rings. The fraction of sp³-hybridized carbons (Fsp3) is 0.381.